The van der Waals surface area contributed by atoms with Gasteiger partial charge in [-0.25, -0.2) is 8.42 Å². The molecule has 0 atom stereocenters. The average molecular weight is 301 g/mol. The molecule has 2 N–H and O–H groups in total. The number of hydrogen-bond donors (Lipinski definition) is 2. The molecule has 6 nitrogen and oxygen atoms in total. The molecule has 0 saturated heterocycles. The predicted molar refractivity (Wildman–Crippen MR) is 74.4 cm³/mol. The van der Waals surface area contributed by atoms with Crippen molar-refractivity contribution >= 4 is 15.7 Å². The zero-order valence-electron chi connectivity index (χ0n) is 11.3. The molecule has 0 aliphatic rings. The number of aliphatic hydroxyl groups is 1. The first-order chi connectivity index (χ1) is 9.45. The number of carbonyl (C=O) groups is 1. The van der Waals surface area contributed by atoms with Crippen LogP contribution in [0.25, 0.3) is 0 Å². The molecule has 0 radical (unpaired) electrons. The molecule has 1 amide bonds. The van der Waals surface area contributed by atoms with E-state index in [0.717, 1.165) is 6.26 Å². The number of sulfone groups is 1. The summed E-state index contributed by atoms with van der Waals surface area (Å²) in [7, 11) is -3.24. The van der Waals surface area contributed by atoms with Crippen molar-refractivity contribution in [3.63, 3.8) is 0 Å². The fourth-order valence-electron chi connectivity index (χ4n) is 1.50. The molecule has 20 heavy (non-hydrogen) atoms. The molecule has 1 aromatic rings. The van der Waals surface area contributed by atoms with E-state index in [1.807, 2.05) is 0 Å². The maximum atomic E-state index is 11.8. The maximum absolute atomic E-state index is 11.8. The van der Waals surface area contributed by atoms with Crippen LogP contribution in [0.4, 0.5) is 0 Å². The second-order valence-electron chi connectivity index (χ2n) is 4.24. The Balaban J connectivity index is 2.40. The molecule has 0 spiro atoms. The van der Waals surface area contributed by atoms with Crippen LogP contribution in [-0.4, -0.2) is 52.1 Å². The van der Waals surface area contributed by atoms with Gasteiger partial charge in [-0.05, 0) is 30.7 Å². The SMILES string of the molecule is CS(=O)(=O)c1ccc(C(=O)NCCCOCCO)cc1. The third-order valence-electron chi connectivity index (χ3n) is 2.53. The number of hydrogen-bond acceptors (Lipinski definition) is 5. The predicted octanol–water partition coefficient (Wildman–Crippen LogP) is 0.219. The van der Waals surface area contributed by atoms with Crippen molar-refractivity contribution in [2.24, 2.45) is 0 Å². The highest BCUT2D eigenvalue weighted by Crippen LogP contribution is 2.10. The molecule has 7 heteroatoms. The van der Waals surface area contributed by atoms with Crippen LogP contribution in [0.15, 0.2) is 29.2 Å². The zero-order valence-corrected chi connectivity index (χ0v) is 12.1. The molecule has 0 heterocycles. The Morgan fingerprint density at radius 1 is 1.25 bits per heavy atom. The van der Waals surface area contributed by atoms with Crippen molar-refractivity contribution in [3.05, 3.63) is 29.8 Å². The highest BCUT2D eigenvalue weighted by atomic mass is 32.2. The molecule has 0 bridgehead atoms. The lowest BCUT2D eigenvalue weighted by atomic mass is 10.2. The molecule has 0 aliphatic carbocycles. The van der Waals surface area contributed by atoms with Crippen molar-refractivity contribution in [2.75, 3.05) is 32.6 Å². The smallest absolute Gasteiger partial charge is 0.251 e. The maximum Gasteiger partial charge on any atom is 0.251 e. The molecular weight excluding hydrogens is 282 g/mol. The number of amides is 1. The summed E-state index contributed by atoms with van der Waals surface area (Å²) < 4.78 is 27.6. The van der Waals surface area contributed by atoms with Gasteiger partial charge in [-0.3, -0.25) is 4.79 Å². The van der Waals surface area contributed by atoms with Gasteiger partial charge in [0, 0.05) is 25.0 Å². The van der Waals surface area contributed by atoms with Crippen LogP contribution in [-0.2, 0) is 14.6 Å². The molecule has 0 aliphatic heterocycles. The van der Waals surface area contributed by atoms with Gasteiger partial charge in [0.2, 0.25) is 0 Å². The second-order valence-corrected chi connectivity index (χ2v) is 6.26. The fraction of sp³-hybridized carbons (Fsp3) is 0.462. The first-order valence-corrected chi connectivity index (χ1v) is 8.11. The Hall–Kier alpha value is -1.44. The van der Waals surface area contributed by atoms with E-state index in [2.05, 4.69) is 5.32 Å². The summed E-state index contributed by atoms with van der Waals surface area (Å²) in [6.07, 6.45) is 1.77. The first kappa shape index (κ1) is 16.6. The summed E-state index contributed by atoms with van der Waals surface area (Å²) in [6, 6.07) is 5.78. The Kier molecular flexibility index (Phi) is 6.63. The monoisotopic (exact) mass is 301 g/mol. The highest BCUT2D eigenvalue weighted by Gasteiger charge is 2.09. The van der Waals surface area contributed by atoms with Crippen LogP contribution in [0, 0.1) is 0 Å². The molecule has 1 rings (SSSR count). The molecular formula is C13H19NO5S. The van der Waals surface area contributed by atoms with Gasteiger partial charge in [-0.2, -0.15) is 0 Å². The van der Waals surface area contributed by atoms with E-state index in [0.29, 0.717) is 31.7 Å². The Morgan fingerprint density at radius 3 is 2.45 bits per heavy atom. The highest BCUT2D eigenvalue weighted by molar-refractivity contribution is 7.90. The van der Waals surface area contributed by atoms with E-state index in [1.165, 1.54) is 24.3 Å². The topological polar surface area (TPSA) is 92.7 Å². The number of benzene rings is 1. The summed E-state index contributed by atoms with van der Waals surface area (Å²) in [5.41, 5.74) is 0.411. The Bertz CT molecular complexity index is 524. The third-order valence-corrected chi connectivity index (χ3v) is 3.66. The molecule has 112 valence electrons. The van der Waals surface area contributed by atoms with E-state index < -0.39 is 9.84 Å². The summed E-state index contributed by atoms with van der Waals surface area (Å²) in [5, 5.41) is 11.2. The van der Waals surface area contributed by atoms with Crippen LogP contribution in [0.1, 0.15) is 16.8 Å². The lowest BCUT2D eigenvalue weighted by Crippen LogP contribution is -2.25. The standard InChI is InChI=1S/C13H19NO5S/c1-20(17,18)12-5-3-11(4-6-12)13(16)14-7-2-9-19-10-8-15/h3-6,15H,2,7-10H2,1H3,(H,14,16). The fourth-order valence-corrected chi connectivity index (χ4v) is 2.13. The summed E-state index contributed by atoms with van der Waals surface area (Å²) in [5.74, 6) is -0.257. The number of nitrogens with one attached hydrogen (secondary N) is 1. The minimum Gasteiger partial charge on any atom is -0.394 e. The quantitative estimate of drug-likeness (QED) is 0.670. The number of rotatable bonds is 8. The summed E-state index contributed by atoms with van der Waals surface area (Å²) >= 11 is 0. The minimum atomic E-state index is -3.24. The van der Waals surface area contributed by atoms with E-state index >= 15 is 0 Å². The number of aliphatic hydroxyl groups excluding tert-OH is 1. The van der Waals surface area contributed by atoms with Gasteiger partial charge in [-0.15, -0.1) is 0 Å². The first-order valence-electron chi connectivity index (χ1n) is 6.22. The average Bonchev–Trinajstić information content (AvgIpc) is 2.41. The second kappa shape index (κ2) is 7.98. The Morgan fingerprint density at radius 2 is 1.90 bits per heavy atom. The van der Waals surface area contributed by atoms with E-state index in [9.17, 15) is 13.2 Å². The van der Waals surface area contributed by atoms with Crippen LogP contribution >= 0.6 is 0 Å². The number of carbonyl (C=O) groups excluding carboxylic acids is 1. The minimum absolute atomic E-state index is 0.0148. The normalized spacial score (nSPS) is 11.3. The lowest BCUT2D eigenvalue weighted by molar-refractivity contribution is 0.0867. The van der Waals surface area contributed by atoms with Crippen molar-refractivity contribution in [3.8, 4) is 0 Å². The van der Waals surface area contributed by atoms with Crippen molar-refractivity contribution in [1.82, 2.24) is 5.32 Å². The van der Waals surface area contributed by atoms with Crippen molar-refractivity contribution in [2.45, 2.75) is 11.3 Å². The Labute approximate surface area is 118 Å². The lowest BCUT2D eigenvalue weighted by Gasteiger charge is -2.06. The van der Waals surface area contributed by atoms with E-state index in [-0.39, 0.29) is 17.4 Å². The van der Waals surface area contributed by atoms with Gasteiger partial charge in [0.15, 0.2) is 9.84 Å². The largest absolute Gasteiger partial charge is 0.394 e. The van der Waals surface area contributed by atoms with Crippen LogP contribution in [0.2, 0.25) is 0 Å². The van der Waals surface area contributed by atoms with Gasteiger partial charge >= 0.3 is 0 Å². The molecule has 0 fully saturated rings. The third kappa shape index (κ3) is 5.68. The molecule has 0 aromatic heterocycles. The van der Waals surface area contributed by atoms with Crippen LogP contribution < -0.4 is 5.32 Å². The number of ether oxygens (including phenoxy) is 1. The van der Waals surface area contributed by atoms with Gasteiger partial charge in [0.1, 0.15) is 0 Å². The zero-order chi connectivity index (χ0) is 15.0. The van der Waals surface area contributed by atoms with Crippen molar-refractivity contribution in [1.29, 1.82) is 0 Å². The van der Waals surface area contributed by atoms with Gasteiger partial charge in [0.25, 0.3) is 5.91 Å². The summed E-state index contributed by atoms with van der Waals surface area (Å²) in [4.78, 5) is 11.9. The van der Waals surface area contributed by atoms with E-state index in [4.69, 9.17) is 9.84 Å². The molecule has 0 saturated carbocycles. The van der Waals surface area contributed by atoms with E-state index in [1.54, 1.807) is 0 Å². The van der Waals surface area contributed by atoms with Gasteiger partial charge in [-0.1, -0.05) is 0 Å². The summed E-state index contributed by atoms with van der Waals surface area (Å²) in [6.45, 7) is 1.20. The molecule has 1 aromatic carbocycles. The van der Waals surface area contributed by atoms with Crippen LogP contribution in [0.5, 0.6) is 0 Å². The molecule has 0 unspecified atom stereocenters. The van der Waals surface area contributed by atoms with Crippen LogP contribution in [0.3, 0.4) is 0 Å². The van der Waals surface area contributed by atoms with Crippen molar-refractivity contribution < 1.29 is 23.1 Å². The van der Waals surface area contributed by atoms with Gasteiger partial charge < -0.3 is 15.2 Å². The van der Waals surface area contributed by atoms with Gasteiger partial charge in [0.05, 0.1) is 18.1 Å².